The summed E-state index contributed by atoms with van der Waals surface area (Å²) in [6.07, 6.45) is 1.81. The van der Waals surface area contributed by atoms with Gasteiger partial charge in [0.2, 0.25) is 10.0 Å². The maximum absolute atomic E-state index is 11.9. The normalized spacial score (nSPS) is 18.4. The van der Waals surface area contributed by atoms with Gasteiger partial charge in [-0.3, -0.25) is 0 Å². The molecule has 1 saturated heterocycles. The average Bonchev–Trinajstić information content (AvgIpc) is 2.85. The highest BCUT2D eigenvalue weighted by Crippen LogP contribution is 2.32. The number of aryl methyl sites for hydroxylation is 1. The van der Waals surface area contributed by atoms with Crippen molar-refractivity contribution in [1.82, 2.24) is 8.87 Å². The van der Waals surface area contributed by atoms with E-state index in [9.17, 15) is 8.42 Å². The minimum absolute atomic E-state index is 0.200. The fourth-order valence-electron chi connectivity index (χ4n) is 3.31. The van der Waals surface area contributed by atoms with Crippen molar-refractivity contribution >= 4 is 20.9 Å². The van der Waals surface area contributed by atoms with Crippen molar-refractivity contribution in [2.45, 2.75) is 25.7 Å². The van der Waals surface area contributed by atoms with Crippen LogP contribution < -0.4 is 0 Å². The van der Waals surface area contributed by atoms with E-state index in [2.05, 4.69) is 41.9 Å². The Morgan fingerprint density at radius 1 is 1.19 bits per heavy atom. The predicted molar refractivity (Wildman–Crippen MR) is 85.9 cm³/mol. The van der Waals surface area contributed by atoms with Gasteiger partial charge in [0.15, 0.2) is 0 Å². The van der Waals surface area contributed by atoms with Gasteiger partial charge in [0.25, 0.3) is 0 Å². The first-order valence-electron chi connectivity index (χ1n) is 7.55. The molecule has 0 aliphatic carbocycles. The van der Waals surface area contributed by atoms with E-state index in [4.69, 9.17) is 0 Å². The number of fused-ring (bicyclic) bond motifs is 1. The zero-order valence-corrected chi connectivity index (χ0v) is 13.4. The van der Waals surface area contributed by atoms with Crippen molar-refractivity contribution in [2.75, 3.05) is 18.8 Å². The molecule has 0 spiro atoms. The van der Waals surface area contributed by atoms with Gasteiger partial charge in [-0.2, -0.15) is 0 Å². The number of hydrogen-bond acceptors (Lipinski definition) is 2. The molecule has 2 heterocycles. The van der Waals surface area contributed by atoms with E-state index in [1.165, 1.54) is 16.6 Å². The van der Waals surface area contributed by atoms with Gasteiger partial charge in [0, 0.05) is 37.3 Å². The van der Waals surface area contributed by atoms with E-state index in [0.717, 1.165) is 12.8 Å². The third kappa shape index (κ3) is 2.60. The summed E-state index contributed by atoms with van der Waals surface area (Å²) < 4.78 is 27.8. The van der Waals surface area contributed by atoms with Crippen LogP contribution in [0.25, 0.3) is 10.9 Å². The molecule has 0 unspecified atom stereocenters. The molecule has 3 rings (SSSR count). The number of aromatic nitrogens is 1. The molecule has 4 nitrogen and oxygen atoms in total. The standard InChI is InChI=1S/C16H22N2O2S/c1-3-21(19,20)18-10-8-13(9-11-18)16-12-14-6-4-5-7-15(14)17(16)2/h4-7,12-13H,3,8-11H2,1-2H3. The van der Waals surface area contributed by atoms with Crippen LogP contribution in [0.4, 0.5) is 0 Å². The van der Waals surface area contributed by atoms with E-state index < -0.39 is 10.0 Å². The molecule has 21 heavy (non-hydrogen) atoms. The summed E-state index contributed by atoms with van der Waals surface area (Å²) in [7, 11) is -0.931. The minimum Gasteiger partial charge on any atom is -0.347 e. The lowest BCUT2D eigenvalue weighted by Crippen LogP contribution is -2.39. The molecule has 1 aliphatic rings. The van der Waals surface area contributed by atoms with Crippen LogP contribution in [-0.2, 0) is 17.1 Å². The molecule has 5 heteroatoms. The molecule has 1 aromatic heterocycles. The number of rotatable bonds is 3. The summed E-state index contributed by atoms with van der Waals surface area (Å²) in [6.45, 7) is 3.00. The lowest BCUT2D eigenvalue weighted by Gasteiger charge is -2.31. The predicted octanol–water partition coefficient (Wildman–Crippen LogP) is 2.71. The topological polar surface area (TPSA) is 42.3 Å². The second-order valence-corrected chi connectivity index (χ2v) is 8.02. The van der Waals surface area contributed by atoms with Crippen molar-refractivity contribution in [2.24, 2.45) is 7.05 Å². The molecule has 0 atom stereocenters. The molecule has 0 bridgehead atoms. The highest BCUT2D eigenvalue weighted by Gasteiger charge is 2.28. The van der Waals surface area contributed by atoms with E-state index in [0.29, 0.717) is 19.0 Å². The fraction of sp³-hybridized carbons (Fsp3) is 0.500. The average molecular weight is 306 g/mol. The summed E-state index contributed by atoms with van der Waals surface area (Å²) >= 11 is 0. The third-order valence-corrected chi connectivity index (χ3v) is 6.50. The Kier molecular flexibility index (Phi) is 3.80. The monoisotopic (exact) mass is 306 g/mol. The number of hydrogen-bond donors (Lipinski definition) is 0. The number of sulfonamides is 1. The van der Waals surface area contributed by atoms with Crippen LogP contribution >= 0.6 is 0 Å². The highest BCUT2D eigenvalue weighted by atomic mass is 32.2. The smallest absolute Gasteiger partial charge is 0.213 e. The van der Waals surface area contributed by atoms with Crippen molar-refractivity contribution in [3.63, 3.8) is 0 Å². The first-order chi connectivity index (χ1) is 10.0. The summed E-state index contributed by atoms with van der Waals surface area (Å²) in [5.41, 5.74) is 2.57. The van der Waals surface area contributed by atoms with Gasteiger partial charge in [-0.25, -0.2) is 12.7 Å². The van der Waals surface area contributed by atoms with Gasteiger partial charge >= 0.3 is 0 Å². The number of para-hydroxylation sites is 1. The number of nitrogens with zero attached hydrogens (tertiary/aromatic N) is 2. The summed E-state index contributed by atoms with van der Waals surface area (Å²) in [5, 5.41) is 1.26. The first kappa shape index (κ1) is 14.6. The lowest BCUT2D eigenvalue weighted by molar-refractivity contribution is 0.315. The van der Waals surface area contributed by atoms with Crippen LogP contribution in [0.3, 0.4) is 0 Å². The maximum atomic E-state index is 11.9. The summed E-state index contributed by atoms with van der Waals surface area (Å²) in [5.74, 6) is 0.650. The molecular weight excluding hydrogens is 284 g/mol. The minimum atomic E-state index is -3.04. The molecule has 0 N–H and O–H groups in total. The molecule has 0 amide bonds. The van der Waals surface area contributed by atoms with Crippen molar-refractivity contribution in [1.29, 1.82) is 0 Å². The first-order valence-corrected chi connectivity index (χ1v) is 9.16. The Bertz CT molecular complexity index is 741. The molecular formula is C16H22N2O2S. The summed E-state index contributed by atoms with van der Waals surface area (Å²) in [6, 6.07) is 10.6. The molecule has 1 aromatic carbocycles. The van der Waals surface area contributed by atoms with Gasteiger partial charge in [-0.15, -0.1) is 0 Å². The van der Waals surface area contributed by atoms with Crippen LogP contribution in [0.1, 0.15) is 31.4 Å². The van der Waals surface area contributed by atoms with Crippen LogP contribution in [0.15, 0.2) is 30.3 Å². The molecule has 1 fully saturated rings. The molecule has 0 radical (unpaired) electrons. The van der Waals surface area contributed by atoms with Gasteiger partial charge in [-0.1, -0.05) is 18.2 Å². The zero-order chi connectivity index (χ0) is 15.0. The van der Waals surface area contributed by atoms with Crippen molar-refractivity contribution < 1.29 is 8.42 Å². The SMILES string of the molecule is CCS(=O)(=O)N1CCC(c2cc3ccccc3n2C)CC1. The Morgan fingerprint density at radius 2 is 1.86 bits per heavy atom. The molecule has 0 saturated carbocycles. The van der Waals surface area contributed by atoms with Gasteiger partial charge in [0.1, 0.15) is 0 Å². The Balaban J connectivity index is 1.82. The lowest BCUT2D eigenvalue weighted by atomic mass is 9.94. The van der Waals surface area contributed by atoms with Gasteiger partial charge < -0.3 is 4.57 Å². The maximum Gasteiger partial charge on any atom is 0.213 e. The Hall–Kier alpha value is -1.33. The van der Waals surface area contributed by atoms with Crippen molar-refractivity contribution in [3.05, 3.63) is 36.0 Å². The highest BCUT2D eigenvalue weighted by molar-refractivity contribution is 7.89. The van der Waals surface area contributed by atoms with E-state index in [1.807, 2.05) is 0 Å². The van der Waals surface area contributed by atoms with E-state index in [1.54, 1.807) is 11.2 Å². The summed E-state index contributed by atoms with van der Waals surface area (Å²) in [4.78, 5) is 0. The quantitative estimate of drug-likeness (QED) is 0.875. The van der Waals surface area contributed by atoms with E-state index >= 15 is 0 Å². The second kappa shape index (κ2) is 5.46. The zero-order valence-electron chi connectivity index (χ0n) is 12.6. The van der Waals surface area contributed by atoms with Crippen LogP contribution in [0.2, 0.25) is 0 Å². The van der Waals surface area contributed by atoms with Gasteiger partial charge in [-0.05, 0) is 37.3 Å². The third-order valence-electron chi connectivity index (χ3n) is 4.62. The second-order valence-electron chi connectivity index (χ2n) is 5.76. The van der Waals surface area contributed by atoms with Crippen LogP contribution in [0, 0.1) is 0 Å². The molecule has 1 aliphatic heterocycles. The molecule has 114 valence electrons. The number of benzene rings is 1. The Morgan fingerprint density at radius 3 is 2.48 bits per heavy atom. The van der Waals surface area contributed by atoms with Gasteiger partial charge in [0.05, 0.1) is 5.75 Å². The van der Waals surface area contributed by atoms with Crippen LogP contribution in [-0.4, -0.2) is 36.1 Å². The number of piperidine rings is 1. The molecule has 2 aromatic rings. The fourth-order valence-corrected chi connectivity index (χ4v) is 4.45. The largest absolute Gasteiger partial charge is 0.347 e. The van der Waals surface area contributed by atoms with Crippen molar-refractivity contribution in [3.8, 4) is 0 Å². The van der Waals surface area contributed by atoms with E-state index in [-0.39, 0.29) is 5.75 Å². The van der Waals surface area contributed by atoms with Crippen LogP contribution in [0.5, 0.6) is 0 Å². The Labute approximate surface area is 126 Å².